The van der Waals surface area contributed by atoms with Gasteiger partial charge in [-0.1, -0.05) is 6.92 Å². The smallest absolute Gasteiger partial charge is 0.155 e. The molecular formula is C16H20N6S. The Morgan fingerprint density at radius 3 is 3.09 bits per heavy atom. The minimum absolute atomic E-state index is 0.364. The molecule has 1 saturated heterocycles. The molecule has 1 aliphatic heterocycles. The lowest BCUT2D eigenvalue weighted by molar-refractivity contribution is 0.490. The number of thiophene rings is 1. The van der Waals surface area contributed by atoms with Crippen molar-refractivity contribution in [2.24, 2.45) is 0 Å². The fraction of sp³-hybridized carbons (Fsp3) is 0.500. The first-order valence-corrected chi connectivity index (χ1v) is 8.93. The van der Waals surface area contributed by atoms with Crippen LogP contribution in [0, 0.1) is 6.92 Å². The molecule has 4 rings (SSSR count). The van der Waals surface area contributed by atoms with E-state index in [-0.39, 0.29) is 0 Å². The first kappa shape index (κ1) is 14.6. The van der Waals surface area contributed by atoms with Crippen LogP contribution in [0.1, 0.15) is 42.2 Å². The summed E-state index contributed by atoms with van der Waals surface area (Å²) in [5.41, 5.74) is 0. The van der Waals surface area contributed by atoms with Crippen molar-refractivity contribution in [3.8, 4) is 0 Å². The Labute approximate surface area is 139 Å². The maximum absolute atomic E-state index is 4.58. The van der Waals surface area contributed by atoms with E-state index < -0.39 is 0 Å². The molecule has 3 aromatic heterocycles. The Balaban J connectivity index is 1.66. The lowest BCUT2D eigenvalue weighted by atomic mass is 9.97. The zero-order valence-corrected chi connectivity index (χ0v) is 14.2. The van der Waals surface area contributed by atoms with Crippen molar-refractivity contribution in [2.75, 3.05) is 18.0 Å². The van der Waals surface area contributed by atoms with Crippen LogP contribution in [0.15, 0.2) is 12.4 Å². The first-order valence-electron chi connectivity index (χ1n) is 8.12. The molecule has 0 bridgehead atoms. The van der Waals surface area contributed by atoms with Crippen molar-refractivity contribution in [2.45, 2.75) is 39.0 Å². The van der Waals surface area contributed by atoms with Crippen LogP contribution in [-0.4, -0.2) is 38.2 Å². The summed E-state index contributed by atoms with van der Waals surface area (Å²) in [5.74, 6) is 3.23. The Morgan fingerprint density at radius 2 is 2.30 bits per heavy atom. The molecule has 3 aromatic rings. The largest absolute Gasteiger partial charge is 0.355 e. The van der Waals surface area contributed by atoms with Crippen molar-refractivity contribution in [1.82, 2.24) is 25.1 Å². The molecule has 1 atom stereocenters. The third-order valence-corrected chi connectivity index (χ3v) is 5.60. The molecular weight excluding hydrogens is 308 g/mol. The number of fused-ring (bicyclic) bond motifs is 1. The number of hydrogen-bond acceptors (Lipinski definition) is 6. The van der Waals surface area contributed by atoms with Crippen LogP contribution in [0.3, 0.4) is 0 Å². The molecule has 1 aliphatic rings. The molecule has 0 amide bonds. The van der Waals surface area contributed by atoms with E-state index in [4.69, 9.17) is 0 Å². The number of piperidine rings is 1. The summed E-state index contributed by atoms with van der Waals surface area (Å²) in [7, 11) is 0. The van der Waals surface area contributed by atoms with Gasteiger partial charge in [-0.25, -0.2) is 15.0 Å². The highest BCUT2D eigenvalue weighted by Crippen LogP contribution is 2.34. The third kappa shape index (κ3) is 2.69. The quantitative estimate of drug-likeness (QED) is 0.800. The van der Waals surface area contributed by atoms with E-state index in [0.717, 1.165) is 54.6 Å². The van der Waals surface area contributed by atoms with Gasteiger partial charge >= 0.3 is 0 Å². The van der Waals surface area contributed by atoms with Crippen LogP contribution >= 0.6 is 11.3 Å². The number of aromatic amines is 1. The number of hydrogen-bond donors (Lipinski definition) is 1. The van der Waals surface area contributed by atoms with Crippen molar-refractivity contribution in [3.05, 3.63) is 28.9 Å². The van der Waals surface area contributed by atoms with Crippen LogP contribution < -0.4 is 4.90 Å². The van der Waals surface area contributed by atoms with E-state index in [2.05, 4.69) is 43.0 Å². The molecule has 6 nitrogen and oxygen atoms in total. The van der Waals surface area contributed by atoms with Crippen molar-refractivity contribution in [3.63, 3.8) is 0 Å². The standard InChI is InChI=1S/C16H20N6S/c1-3-12-7-13-15(17-9-18-16(13)23-12)22-6-4-5-11(8-22)14-19-10(2)20-21-14/h7,9,11H,3-6,8H2,1-2H3,(H,19,20,21). The summed E-state index contributed by atoms with van der Waals surface area (Å²) >= 11 is 1.77. The molecule has 23 heavy (non-hydrogen) atoms. The zero-order valence-electron chi connectivity index (χ0n) is 13.4. The van der Waals surface area contributed by atoms with Crippen molar-refractivity contribution < 1.29 is 0 Å². The lowest BCUT2D eigenvalue weighted by Gasteiger charge is -2.32. The second-order valence-electron chi connectivity index (χ2n) is 6.05. The van der Waals surface area contributed by atoms with Crippen LogP contribution in [-0.2, 0) is 6.42 Å². The maximum Gasteiger partial charge on any atom is 0.155 e. The van der Waals surface area contributed by atoms with E-state index in [0.29, 0.717) is 5.92 Å². The minimum Gasteiger partial charge on any atom is -0.355 e. The molecule has 7 heteroatoms. The van der Waals surface area contributed by atoms with Gasteiger partial charge in [0.05, 0.1) is 5.39 Å². The van der Waals surface area contributed by atoms with Gasteiger partial charge in [0.25, 0.3) is 0 Å². The molecule has 0 radical (unpaired) electrons. The molecule has 0 aromatic carbocycles. The number of H-pyrrole nitrogens is 1. The van der Waals surface area contributed by atoms with Crippen molar-refractivity contribution >= 4 is 27.4 Å². The Morgan fingerprint density at radius 1 is 1.39 bits per heavy atom. The predicted molar refractivity (Wildman–Crippen MR) is 92.1 cm³/mol. The third-order valence-electron chi connectivity index (χ3n) is 4.41. The van der Waals surface area contributed by atoms with Gasteiger partial charge in [0, 0.05) is 23.9 Å². The lowest BCUT2D eigenvalue weighted by Crippen LogP contribution is -2.35. The highest BCUT2D eigenvalue weighted by Gasteiger charge is 2.26. The van der Waals surface area contributed by atoms with Gasteiger partial charge in [0.15, 0.2) is 5.82 Å². The van der Waals surface area contributed by atoms with Gasteiger partial charge in [-0.2, -0.15) is 5.10 Å². The highest BCUT2D eigenvalue weighted by atomic mass is 32.1. The normalized spacial score (nSPS) is 18.7. The van der Waals surface area contributed by atoms with E-state index >= 15 is 0 Å². The van der Waals surface area contributed by atoms with Crippen LogP contribution in [0.25, 0.3) is 10.2 Å². The number of aryl methyl sites for hydroxylation is 2. The van der Waals surface area contributed by atoms with E-state index in [1.807, 2.05) is 6.92 Å². The maximum atomic E-state index is 4.58. The monoisotopic (exact) mass is 328 g/mol. The molecule has 0 saturated carbocycles. The summed E-state index contributed by atoms with van der Waals surface area (Å²) in [6, 6.07) is 2.25. The average molecular weight is 328 g/mol. The minimum atomic E-state index is 0.364. The number of rotatable bonds is 3. The second-order valence-corrected chi connectivity index (χ2v) is 7.16. The van der Waals surface area contributed by atoms with Gasteiger partial charge in [-0.05, 0) is 32.3 Å². The molecule has 120 valence electrons. The van der Waals surface area contributed by atoms with E-state index in [9.17, 15) is 0 Å². The topological polar surface area (TPSA) is 70.6 Å². The van der Waals surface area contributed by atoms with E-state index in [1.54, 1.807) is 17.7 Å². The molecule has 1 fully saturated rings. The van der Waals surface area contributed by atoms with Gasteiger partial charge < -0.3 is 4.90 Å². The summed E-state index contributed by atoms with van der Waals surface area (Å²) < 4.78 is 0. The summed E-state index contributed by atoms with van der Waals surface area (Å²) in [6.45, 7) is 6.08. The summed E-state index contributed by atoms with van der Waals surface area (Å²) in [6.07, 6.45) is 4.99. The van der Waals surface area contributed by atoms with Gasteiger partial charge in [-0.3, -0.25) is 5.10 Å². The average Bonchev–Trinajstić information content (AvgIpc) is 3.20. The Kier molecular flexibility index (Phi) is 3.72. The fourth-order valence-corrected chi connectivity index (χ4v) is 4.17. The van der Waals surface area contributed by atoms with Gasteiger partial charge in [0.1, 0.15) is 22.8 Å². The van der Waals surface area contributed by atoms with Gasteiger partial charge in [0.2, 0.25) is 0 Å². The first-order chi connectivity index (χ1) is 11.2. The summed E-state index contributed by atoms with van der Waals surface area (Å²) in [5, 5.41) is 8.49. The molecule has 1 N–H and O–H groups in total. The Hall–Kier alpha value is -2.02. The van der Waals surface area contributed by atoms with Crippen LogP contribution in [0.2, 0.25) is 0 Å². The second kappa shape index (κ2) is 5.88. The van der Waals surface area contributed by atoms with E-state index in [1.165, 1.54) is 10.3 Å². The molecule has 4 heterocycles. The molecule has 1 unspecified atom stereocenters. The predicted octanol–water partition coefficient (Wildman–Crippen LogP) is 3.06. The highest BCUT2D eigenvalue weighted by molar-refractivity contribution is 7.18. The zero-order chi connectivity index (χ0) is 15.8. The Bertz CT molecular complexity index is 823. The van der Waals surface area contributed by atoms with Crippen LogP contribution in [0.4, 0.5) is 5.82 Å². The fourth-order valence-electron chi connectivity index (χ4n) is 3.24. The number of nitrogens with one attached hydrogen (secondary N) is 1. The van der Waals surface area contributed by atoms with Crippen molar-refractivity contribution in [1.29, 1.82) is 0 Å². The van der Waals surface area contributed by atoms with Crippen LogP contribution in [0.5, 0.6) is 0 Å². The molecule has 0 spiro atoms. The SMILES string of the molecule is CCc1cc2c(N3CCCC(c4n[nH]c(C)n4)C3)ncnc2s1. The van der Waals surface area contributed by atoms with Gasteiger partial charge in [-0.15, -0.1) is 11.3 Å². The summed E-state index contributed by atoms with van der Waals surface area (Å²) in [4.78, 5) is 18.4. The number of nitrogens with zero attached hydrogens (tertiary/aromatic N) is 5. The number of anilines is 1. The molecule has 0 aliphatic carbocycles. The number of aromatic nitrogens is 5.